The Morgan fingerprint density at radius 1 is 1.20 bits per heavy atom. The first-order chi connectivity index (χ1) is 9.76. The van der Waals surface area contributed by atoms with E-state index in [0.29, 0.717) is 18.7 Å². The molecule has 1 heterocycles. The van der Waals surface area contributed by atoms with Crippen LogP contribution in [0.25, 0.3) is 0 Å². The standard InChI is InChI=1S/C16H23NO3/c1-19-15-4-2-3-11-9-13(10-20-16(11)15)17-12-5-7-14(18)8-6-12/h2-4,12-14,17-18H,5-10H2,1H3. The van der Waals surface area contributed by atoms with Gasteiger partial charge in [-0.2, -0.15) is 0 Å². The van der Waals surface area contributed by atoms with E-state index in [0.717, 1.165) is 43.6 Å². The summed E-state index contributed by atoms with van der Waals surface area (Å²) in [4.78, 5) is 0. The van der Waals surface area contributed by atoms with Gasteiger partial charge in [-0.1, -0.05) is 12.1 Å². The minimum Gasteiger partial charge on any atom is -0.493 e. The molecule has 0 bridgehead atoms. The number of nitrogens with one attached hydrogen (secondary N) is 1. The third-order valence-electron chi connectivity index (χ3n) is 4.34. The molecule has 2 N–H and O–H groups in total. The molecule has 1 saturated carbocycles. The smallest absolute Gasteiger partial charge is 0.164 e. The summed E-state index contributed by atoms with van der Waals surface area (Å²) in [6.45, 7) is 0.687. The quantitative estimate of drug-likeness (QED) is 0.886. The van der Waals surface area contributed by atoms with Crippen LogP contribution in [-0.2, 0) is 6.42 Å². The van der Waals surface area contributed by atoms with Crippen molar-refractivity contribution in [3.63, 3.8) is 0 Å². The van der Waals surface area contributed by atoms with Crippen LogP contribution in [0, 0.1) is 0 Å². The van der Waals surface area contributed by atoms with Crippen LogP contribution >= 0.6 is 0 Å². The first-order valence-corrected chi connectivity index (χ1v) is 7.49. The summed E-state index contributed by atoms with van der Waals surface area (Å²) >= 11 is 0. The zero-order valence-corrected chi connectivity index (χ0v) is 12.0. The molecule has 1 aliphatic carbocycles. The second-order valence-electron chi connectivity index (χ2n) is 5.83. The zero-order valence-electron chi connectivity index (χ0n) is 12.0. The zero-order chi connectivity index (χ0) is 13.9. The van der Waals surface area contributed by atoms with Crippen molar-refractivity contribution < 1.29 is 14.6 Å². The second-order valence-corrected chi connectivity index (χ2v) is 5.83. The normalized spacial score (nSPS) is 29.4. The van der Waals surface area contributed by atoms with Crippen LogP contribution in [0.2, 0.25) is 0 Å². The maximum atomic E-state index is 9.55. The van der Waals surface area contributed by atoms with Crippen molar-refractivity contribution in [2.45, 2.75) is 50.3 Å². The van der Waals surface area contributed by atoms with E-state index in [1.54, 1.807) is 7.11 Å². The number of methoxy groups -OCH3 is 1. The number of fused-ring (bicyclic) bond motifs is 1. The number of aliphatic hydroxyl groups excluding tert-OH is 1. The van der Waals surface area contributed by atoms with E-state index in [1.165, 1.54) is 5.56 Å². The Morgan fingerprint density at radius 2 is 2.00 bits per heavy atom. The van der Waals surface area contributed by atoms with Crippen LogP contribution in [0.15, 0.2) is 18.2 Å². The molecule has 2 aliphatic rings. The topological polar surface area (TPSA) is 50.7 Å². The van der Waals surface area contributed by atoms with Gasteiger partial charge in [0.2, 0.25) is 0 Å². The molecular weight excluding hydrogens is 254 g/mol. The molecule has 20 heavy (non-hydrogen) atoms. The summed E-state index contributed by atoms with van der Waals surface area (Å²) in [5.74, 6) is 1.72. The van der Waals surface area contributed by atoms with Gasteiger partial charge in [0.15, 0.2) is 11.5 Å². The number of para-hydroxylation sites is 1. The third kappa shape index (κ3) is 2.91. The van der Waals surface area contributed by atoms with Crippen LogP contribution < -0.4 is 14.8 Å². The molecule has 0 radical (unpaired) electrons. The SMILES string of the molecule is COc1cccc2c1OCC(NC1CCC(O)CC1)C2. The summed E-state index contributed by atoms with van der Waals surface area (Å²) in [5, 5.41) is 13.2. The molecule has 0 amide bonds. The average Bonchev–Trinajstić information content (AvgIpc) is 2.49. The Hall–Kier alpha value is -1.26. The minimum absolute atomic E-state index is 0.0966. The highest BCUT2D eigenvalue weighted by Crippen LogP contribution is 2.34. The van der Waals surface area contributed by atoms with Gasteiger partial charge in [-0.25, -0.2) is 0 Å². The van der Waals surface area contributed by atoms with Gasteiger partial charge in [-0.3, -0.25) is 0 Å². The molecule has 0 spiro atoms. The van der Waals surface area contributed by atoms with Crippen molar-refractivity contribution >= 4 is 0 Å². The number of aliphatic hydroxyl groups is 1. The first-order valence-electron chi connectivity index (χ1n) is 7.49. The second kappa shape index (κ2) is 6.02. The predicted molar refractivity (Wildman–Crippen MR) is 77.4 cm³/mol. The monoisotopic (exact) mass is 277 g/mol. The highest BCUT2D eigenvalue weighted by Gasteiger charge is 2.26. The van der Waals surface area contributed by atoms with Crippen LogP contribution in [0.3, 0.4) is 0 Å². The highest BCUT2D eigenvalue weighted by molar-refractivity contribution is 5.48. The highest BCUT2D eigenvalue weighted by atomic mass is 16.5. The van der Waals surface area contributed by atoms with Gasteiger partial charge in [0, 0.05) is 12.1 Å². The molecular formula is C16H23NO3. The van der Waals surface area contributed by atoms with Gasteiger partial charge in [0.1, 0.15) is 6.61 Å². The Labute approximate surface area is 120 Å². The Balaban J connectivity index is 1.61. The van der Waals surface area contributed by atoms with Crippen molar-refractivity contribution in [2.75, 3.05) is 13.7 Å². The number of hydrogen-bond donors (Lipinski definition) is 2. The van der Waals surface area contributed by atoms with E-state index in [2.05, 4.69) is 11.4 Å². The number of benzene rings is 1. The fraction of sp³-hybridized carbons (Fsp3) is 0.625. The van der Waals surface area contributed by atoms with E-state index in [-0.39, 0.29) is 6.10 Å². The maximum Gasteiger partial charge on any atom is 0.164 e. The first kappa shape index (κ1) is 13.7. The molecule has 4 heteroatoms. The van der Waals surface area contributed by atoms with Crippen molar-refractivity contribution in [1.82, 2.24) is 5.32 Å². The number of hydrogen-bond acceptors (Lipinski definition) is 4. The lowest BCUT2D eigenvalue weighted by Crippen LogP contribution is -2.46. The van der Waals surface area contributed by atoms with Gasteiger partial charge in [-0.05, 0) is 43.7 Å². The number of ether oxygens (including phenoxy) is 2. The molecule has 0 saturated heterocycles. The van der Waals surface area contributed by atoms with Crippen LogP contribution in [0.5, 0.6) is 11.5 Å². The maximum absolute atomic E-state index is 9.55. The molecule has 1 unspecified atom stereocenters. The lowest BCUT2D eigenvalue weighted by atomic mass is 9.91. The fourth-order valence-electron chi connectivity index (χ4n) is 3.24. The van der Waals surface area contributed by atoms with E-state index in [9.17, 15) is 5.11 Å². The molecule has 4 nitrogen and oxygen atoms in total. The van der Waals surface area contributed by atoms with Crippen molar-refractivity contribution in [2.24, 2.45) is 0 Å². The summed E-state index contributed by atoms with van der Waals surface area (Å²) in [6.07, 6.45) is 4.82. The largest absolute Gasteiger partial charge is 0.493 e. The van der Waals surface area contributed by atoms with Gasteiger partial charge in [0.25, 0.3) is 0 Å². The summed E-state index contributed by atoms with van der Waals surface area (Å²) in [5.41, 5.74) is 1.21. The molecule has 3 rings (SSSR count). The molecule has 1 aromatic rings. The summed E-state index contributed by atoms with van der Waals surface area (Å²) in [7, 11) is 1.68. The van der Waals surface area contributed by atoms with E-state index in [4.69, 9.17) is 9.47 Å². The van der Waals surface area contributed by atoms with Gasteiger partial charge in [-0.15, -0.1) is 0 Å². The van der Waals surface area contributed by atoms with Gasteiger partial charge in [0.05, 0.1) is 13.2 Å². The van der Waals surface area contributed by atoms with E-state index >= 15 is 0 Å². The third-order valence-corrected chi connectivity index (χ3v) is 4.34. The summed E-state index contributed by atoms with van der Waals surface area (Å²) in [6, 6.07) is 6.93. The van der Waals surface area contributed by atoms with Crippen molar-refractivity contribution in [1.29, 1.82) is 0 Å². The Bertz CT molecular complexity index is 455. The predicted octanol–water partition coefficient (Wildman–Crippen LogP) is 1.89. The lowest BCUT2D eigenvalue weighted by Gasteiger charge is -2.33. The lowest BCUT2D eigenvalue weighted by molar-refractivity contribution is 0.109. The average molecular weight is 277 g/mol. The minimum atomic E-state index is -0.0966. The molecule has 1 aromatic carbocycles. The van der Waals surface area contributed by atoms with Crippen LogP contribution in [-0.4, -0.2) is 37.0 Å². The van der Waals surface area contributed by atoms with Crippen molar-refractivity contribution in [3.05, 3.63) is 23.8 Å². The molecule has 0 aromatic heterocycles. The van der Waals surface area contributed by atoms with Gasteiger partial charge >= 0.3 is 0 Å². The number of rotatable bonds is 3. The Morgan fingerprint density at radius 3 is 2.75 bits per heavy atom. The molecule has 1 fully saturated rings. The van der Waals surface area contributed by atoms with Crippen LogP contribution in [0.1, 0.15) is 31.2 Å². The fourth-order valence-corrected chi connectivity index (χ4v) is 3.24. The van der Waals surface area contributed by atoms with E-state index < -0.39 is 0 Å². The van der Waals surface area contributed by atoms with Crippen LogP contribution in [0.4, 0.5) is 0 Å². The Kier molecular flexibility index (Phi) is 4.13. The van der Waals surface area contributed by atoms with Gasteiger partial charge < -0.3 is 19.9 Å². The molecule has 110 valence electrons. The molecule has 1 aliphatic heterocycles. The summed E-state index contributed by atoms with van der Waals surface area (Å²) < 4.78 is 11.2. The van der Waals surface area contributed by atoms with E-state index in [1.807, 2.05) is 12.1 Å². The van der Waals surface area contributed by atoms with Crippen molar-refractivity contribution in [3.8, 4) is 11.5 Å². The molecule has 1 atom stereocenters.